The number of rotatable bonds is 4. The van der Waals surface area contributed by atoms with Gasteiger partial charge in [-0.1, -0.05) is 138 Å². The van der Waals surface area contributed by atoms with Crippen LogP contribution in [0.25, 0.3) is 0 Å². The lowest BCUT2D eigenvalue weighted by atomic mass is 10.4. The van der Waals surface area contributed by atoms with Crippen LogP contribution in [-0.2, 0) is 0 Å². The molecule has 32 heavy (non-hydrogen) atoms. The zero-order valence-corrected chi connectivity index (χ0v) is 20.4. The molecule has 2 N–H and O–H groups in total. The maximum absolute atomic E-state index is 3.22. The van der Waals surface area contributed by atoms with Crippen LogP contribution in [0.5, 0.6) is 0 Å². The molecule has 4 aromatic carbocycles. The number of hydrogen-bond donors (Lipinski definition) is 2. The first-order valence-electron chi connectivity index (χ1n) is 11.1. The first kappa shape index (κ1) is 24.3. The van der Waals surface area contributed by atoms with Gasteiger partial charge in [-0.2, -0.15) is 0 Å². The Hall–Kier alpha value is -2.34. The minimum Gasteiger partial charge on any atom is -0.314 e. The predicted octanol–water partition coefficient (Wildman–Crippen LogP) is 3.81. The molecule has 0 spiro atoms. The van der Waals surface area contributed by atoms with E-state index in [0.29, 0.717) is 0 Å². The summed E-state index contributed by atoms with van der Waals surface area (Å²) in [5.41, 5.74) is 0. The van der Waals surface area contributed by atoms with Crippen molar-refractivity contribution in [3.63, 3.8) is 0 Å². The molecule has 1 aliphatic rings. The van der Waals surface area contributed by atoms with Crippen LogP contribution in [0, 0.1) is 0 Å². The summed E-state index contributed by atoms with van der Waals surface area (Å²) in [6.45, 7) is 4.56. The molecule has 2 nitrogen and oxygen atoms in total. The quantitative estimate of drug-likeness (QED) is 0.455. The third-order valence-corrected chi connectivity index (χ3v) is 7.12. The average Bonchev–Trinajstić information content (AvgIpc) is 2.88. The zero-order chi connectivity index (χ0) is 22.1. The van der Waals surface area contributed by atoms with Crippen molar-refractivity contribution in [2.75, 3.05) is 26.2 Å². The fourth-order valence-corrected chi connectivity index (χ4v) is 5.13. The Balaban J connectivity index is 0.000000145. The van der Waals surface area contributed by atoms with Crippen molar-refractivity contribution in [1.82, 2.24) is 10.6 Å². The Morgan fingerprint density at radius 3 is 0.750 bits per heavy atom. The van der Waals surface area contributed by atoms with Crippen LogP contribution in [0.4, 0.5) is 0 Å². The molecule has 0 saturated carbocycles. The lowest BCUT2D eigenvalue weighted by Gasteiger charge is -2.11. The Morgan fingerprint density at radius 1 is 0.344 bits per heavy atom. The van der Waals surface area contributed by atoms with Gasteiger partial charge in [-0.3, -0.25) is 0 Å². The molecule has 1 saturated heterocycles. The van der Waals surface area contributed by atoms with Crippen LogP contribution in [0.2, 0.25) is 0 Å². The zero-order valence-electron chi connectivity index (χ0n) is 18.4. The second-order valence-corrected chi connectivity index (χ2v) is 10.0. The van der Waals surface area contributed by atoms with Crippen LogP contribution >= 0.6 is 17.2 Å². The maximum atomic E-state index is 3.22. The van der Waals surface area contributed by atoms with Crippen molar-refractivity contribution >= 4 is 38.4 Å². The van der Waals surface area contributed by atoms with Crippen molar-refractivity contribution in [3.05, 3.63) is 121 Å². The van der Waals surface area contributed by atoms with E-state index in [0.717, 1.165) is 43.3 Å². The van der Waals surface area contributed by atoms with Gasteiger partial charge in [0.2, 0.25) is 0 Å². The van der Waals surface area contributed by atoms with Gasteiger partial charge in [-0.15, -0.1) is 0 Å². The van der Waals surface area contributed by atoms with E-state index in [2.05, 4.69) is 132 Å². The summed E-state index contributed by atoms with van der Waals surface area (Å²) in [7, 11) is 1.55. The number of benzene rings is 4. The summed E-state index contributed by atoms with van der Waals surface area (Å²) >= 11 is 0. The van der Waals surface area contributed by atoms with Gasteiger partial charge >= 0.3 is 0 Å². The largest absolute Gasteiger partial charge is 0.314 e. The molecule has 0 atom stereocenters. The van der Waals surface area contributed by atoms with Gasteiger partial charge in [0, 0.05) is 26.2 Å². The fourth-order valence-electron chi connectivity index (χ4n) is 3.02. The molecule has 1 aliphatic heterocycles. The van der Waals surface area contributed by atoms with Gasteiger partial charge in [0.15, 0.2) is 0 Å². The molecule has 0 bridgehead atoms. The smallest absolute Gasteiger partial charge is 0.00772 e. The van der Waals surface area contributed by atoms with Gasteiger partial charge in [-0.25, -0.2) is 0 Å². The lowest BCUT2D eigenvalue weighted by molar-refractivity contribution is 0.534. The van der Waals surface area contributed by atoms with E-state index < -0.39 is 0 Å². The standard InChI is InChI=1S/2C12H11P.C4H10N2/c2*1-3-7-11(8-4-1)13-12-9-5-2-6-10-12;1-2-6-4-3-5-1/h2*1-10,13H;5-6H,1-4H2. The van der Waals surface area contributed by atoms with E-state index in [-0.39, 0.29) is 0 Å². The van der Waals surface area contributed by atoms with Crippen molar-refractivity contribution in [1.29, 1.82) is 0 Å². The molecule has 5 rings (SSSR count). The first-order chi connectivity index (χ1) is 15.9. The molecule has 0 aliphatic carbocycles. The first-order valence-corrected chi connectivity index (χ1v) is 13.1. The Morgan fingerprint density at radius 2 is 0.562 bits per heavy atom. The topological polar surface area (TPSA) is 24.1 Å². The molecule has 0 unspecified atom stereocenters. The van der Waals surface area contributed by atoms with E-state index in [4.69, 9.17) is 0 Å². The predicted molar refractivity (Wildman–Crippen MR) is 147 cm³/mol. The highest BCUT2D eigenvalue weighted by atomic mass is 31.1. The summed E-state index contributed by atoms with van der Waals surface area (Å²) < 4.78 is 0. The normalized spacial score (nSPS) is 12.5. The van der Waals surface area contributed by atoms with Crippen LogP contribution in [-0.4, -0.2) is 26.2 Å². The second-order valence-electron chi connectivity index (χ2n) is 7.21. The summed E-state index contributed by atoms with van der Waals surface area (Å²) in [5.74, 6) is 0. The van der Waals surface area contributed by atoms with Gasteiger partial charge in [0.25, 0.3) is 0 Å². The van der Waals surface area contributed by atoms with Crippen molar-refractivity contribution in [2.45, 2.75) is 0 Å². The third kappa shape index (κ3) is 10.3. The monoisotopic (exact) mass is 458 g/mol. The average molecular weight is 459 g/mol. The van der Waals surface area contributed by atoms with E-state index in [1.165, 1.54) is 21.2 Å². The van der Waals surface area contributed by atoms with Crippen LogP contribution in [0.1, 0.15) is 0 Å². The molecule has 1 heterocycles. The highest BCUT2D eigenvalue weighted by molar-refractivity contribution is 7.55. The maximum Gasteiger partial charge on any atom is 0.00772 e. The molecular formula is C28H32N2P2. The van der Waals surface area contributed by atoms with Gasteiger partial charge < -0.3 is 10.6 Å². The Bertz CT molecular complexity index is 798. The molecule has 164 valence electrons. The van der Waals surface area contributed by atoms with Gasteiger partial charge in [-0.05, 0) is 21.2 Å². The molecule has 0 amide bonds. The van der Waals surface area contributed by atoms with Crippen LogP contribution < -0.4 is 31.9 Å². The lowest BCUT2D eigenvalue weighted by Crippen LogP contribution is -2.39. The van der Waals surface area contributed by atoms with E-state index in [1.54, 1.807) is 0 Å². The van der Waals surface area contributed by atoms with Crippen LogP contribution in [0.3, 0.4) is 0 Å². The van der Waals surface area contributed by atoms with Crippen molar-refractivity contribution in [3.8, 4) is 0 Å². The fraction of sp³-hybridized carbons (Fsp3) is 0.143. The molecule has 1 fully saturated rings. The molecule has 0 radical (unpaired) electrons. The molecule has 4 heteroatoms. The minimum atomic E-state index is 0.777. The second kappa shape index (κ2) is 15.5. The molecule has 4 aromatic rings. The van der Waals surface area contributed by atoms with E-state index >= 15 is 0 Å². The third-order valence-electron chi connectivity index (χ3n) is 4.63. The van der Waals surface area contributed by atoms with E-state index in [9.17, 15) is 0 Å². The number of nitrogens with one attached hydrogen (secondary N) is 2. The highest BCUT2D eigenvalue weighted by Gasteiger charge is 1.93. The summed E-state index contributed by atoms with van der Waals surface area (Å²) in [6, 6.07) is 42.3. The van der Waals surface area contributed by atoms with Gasteiger partial charge in [0.1, 0.15) is 0 Å². The minimum absolute atomic E-state index is 0.777. The highest BCUT2D eigenvalue weighted by Crippen LogP contribution is 2.09. The van der Waals surface area contributed by atoms with Crippen LogP contribution in [0.15, 0.2) is 121 Å². The summed E-state index contributed by atoms with van der Waals surface area (Å²) in [5, 5.41) is 12.0. The Labute approximate surface area is 196 Å². The number of piperazine rings is 1. The number of hydrogen-bond acceptors (Lipinski definition) is 2. The van der Waals surface area contributed by atoms with Gasteiger partial charge in [0.05, 0.1) is 0 Å². The SMILES string of the molecule is C1CNCCN1.c1ccc(Pc2ccccc2)cc1.c1ccc(Pc2ccccc2)cc1. The summed E-state index contributed by atoms with van der Waals surface area (Å²) in [4.78, 5) is 0. The molecular weight excluding hydrogens is 426 g/mol. The summed E-state index contributed by atoms with van der Waals surface area (Å²) in [6.07, 6.45) is 0. The van der Waals surface area contributed by atoms with E-state index in [1.807, 2.05) is 0 Å². The van der Waals surface area contributed by atoms with Crippen molar-refractivity contribution in [2.24, 2.45) is 0 Å². The Kier molecular flexibility index (Phi) is 11.7. The molecule has 0 aromatic heterocycles. The van der Waals surface area contributed by atoms with Crippen molar-refractivity contribution < 1.29 is 0 Å².